The average Bonchev–Trinajstić information content (AvgIpc) is 3.22. The lowest BCUT2D eigenvalue weighted by Crippen LogP contribution is -2.10. The van der Waals surface area contributed by atoms with Crippen LogP contribution in [0.3, 0.4) is 0 Å². The van der Waals surface area contributed by atoms with Crippen molar-refractivity contribution in [1.29, 1.82) is 0 Å². The van der Waals surface area contributed by atoms with E-state index in [9.17, 15) is 9.59 Å². The summed E-state index contributed by atoms with van der Waals surface area (Å²) < 4.78 is 31.4. The third kappa shape index (κ3) is 4.61. The van der Waals surface area contributed by atoms with Crippen molar-refractivity contribution >= 4 is 39.9 Å². The fourth-order valence-corrected chi connectivity index (χ4v) is 3.99. The SMILES string of the molecule is C=CC(=O)Nc1cncc(C)c1Nc1cc2c(C)c(C(=O)c3c(C)c(OC)cc(OC)c3F)oc2cn1. The van der Waals surface area contributed by atoms with Gasteiger partial charge in [-0.25, -0.2) is 9.37 Å². The Morgan fingerprint density at radius 3 is 2.46 bits per heavy atom. The number of ketones is 1. The van der Waals surface area contributed by atoms with E-state index < -0.39 is 11.6 Å². The predicted molar refractivity (Wildman–Crippen MR) is 138 cm³/mol. The van der Waals surface area contributed by atoms with E-state index in [1.54, 1.807) is 26.1 Å². The van der Waals surface area contributed by atoms with Gasteiger partial charge in [-0.3, -0.25) is 14.6 Å². The van der Waals surface area contributed by atoms with Crippen molar-refractivity contribution in [1.82, 2.24) is 9.97 Å². The number of aromatic nitrogens is 2. The standard InChI is InChI=1S/C27H25FN4O5/c1-7-22(33)31-17-11-29-10-13(2)25(17)32-21-8-16-14(3)27(37-20(16)12-30-21)26(34)23-15(4)18(35-5)9-19(36-6)24(23)28/h7-12H,1H2,2-6H3,(H,31,33)(H,29,30,32). The van der Waals surface area contributed by atoms with Crippen molar-refractivity contribution in [3.8, 4) is 11.5 Å². The van der Waals surface area contributed by atoms with Crippen molar-refractivity contribution in [2.75, 3.05) is 24.9 Å². The molecule has 0 aliphatic carbocycles. The zero-order chi connectivity index (χ0) is 26.9. The normalized spacial score (nSPS) is 10.8. The molecule has 4 rings (SSSR count). The number of hydrogen-bond acceptors (Lipinski definition) is 8. The molecule has 0 saturated heterocycles. The molecule has 4 aromatic rings. The summed E-state index contributed by atoms with van der Waals surface area (Å²) in [6.45, 7) is 8.60. The van der Waals surface area contributed by atoms with E-state index in [-0.39, 0.29) is 23.0 Å². The molecule has 0 radical (unpaired) electrons. The van der Waals surface area contributed by atoms with Crippen LogP contribution in [0.1, 0.15) is 32.8 Å². The second-order valence-electron chi connectivity index (χ2n) is 8.24. The number of anilines is 3. The molecule has 190 valence electrons. The summed E-state index contributed by atoms with van der Waals surface area (Å²) in [5.74, 6) is -1.21. The van der Waals surface area contributed by atoms with Crippen LogP contribution in [0.4, 0.5) is 21.6 Å². The number of carbonyl (C=O) groups is 2. The molecule has 9 nitrogen and oxygen atoms in total. The first-order chi connectivity index (χ1) is 17.7. The molecule has 0 unspecified atom stereocenters. The molecule has 2 N–H and O–H groups in total. The van der Waals surface area contributed by atoms with E-state index in [0.717, 1.165) is 11.6 Å². The summed E-state index contributed by atoms with van der Waals surface area (Å²) >= 11 is 0. The van der Waals surface area contributed by atoms with Gasteiger partial charge in [0.15, 0.2) is 22.9 Å². The Kier molecular flexibility index (Phi) is 6.92. The zero-order valence-electron chi connectivity index (χ0n) is 21.0. The van der Waals surface area contributed by atoms with Gasteiger partial charge in [-0.15, -0.1) is 0 Å². The van der Waals surface area contributed by atoms with E-state index in [4.69, 9.17) is 13.9 Å². The van der Waals surface area contributed by atoms with Gasteiger partial charge < -0.3 is 24.5 Å². The molecule has 0 saturated carbocycles. The number of ether oxygens (including phenoxy) is 2. The van der Waals surface area contributed by atoms with E-state index in [2.05, 4.69) is 27.2 Å². The van der Waals surface area contributed by atoms with Crippen molar-refractivity contribution < 1.29 is 27.9 Å². The second-order valence-corrected chi connectivity index (χ2v) is 8.24. The highest BCUT2D eigenvalue weighted by Crippen LogP contribution is 2.36. The van der Waals surface area contributed by atoms with Crippen LogP contribution in [0.5, 0.6) is 11.5 Å². The van der Waals surface area contributed by atoms with Crippen LogP contribution in [-0.4, -0.2) is 35.9 Å². The number of hydrogen-bond donors (Lipinski definition) is 2. The predicted octanol–water partition coefficient (Wildman–Crippen LogP) is 5.40. The average molecular weight is 505 g/mol. The quantitative estimate of drug-likeness (QED) is 0.242. The largest absolute Gasteiger partial charge is 0.496 e. The third-order valence-electron chi connectivity index (χ3n) is 5.97. The maximum absolute atomic E-state index is 15.2. The third-order valence-corrected chi connectivity index (χ3v) is 5.97. The Balaban J connectivity index is 1.76. The first kappa shape index (κ1) is 25.4. The summed E-state index contributed by atoms with van der Waals surface area (Å²) in [5.41, 5.74) is 2.80. The fraction of sp³-hybridized carbons (Fsp3) is 0.185. The summed E-state index contributed by atoms with van der Waals surface area (Å²) in [4.78, 5) is 33.8. The van der Waals surface area contributed by atoms with Crippen LogP contribution < -0.4 is 20.1 Å². The number of fused-ring (bicyclic) bond motifs is 1. The van der Waals surface area contributed by atoms with Crippen LogP contribution in [0, 0.1) is 26.6 Å². The second kappa shape index (κ2) is 10.1. The van der Waals surface area contributed by atoms with Crippen LogP contribution >= 0.6 is 0 Å². The zero-order valence-corrected chi connectivity index (χ0v) is 21.0. The van der Waals surface area contributed by atoms with Crippen LogP contribution in [0.2, 0.25) is 0 Å². The number of benzene rings is 1. The fourth-order valence-electron chi connectivity index (χ4n) is 3.99. The van der Waals surface area contributed by atoms with Crippen LogP contribution in [0.25, 0.3) is 11.0 Å². The molecule has 3 aromatic heterocycles. The number of carbonyl (C=O) groups excluding carboxylic acids is 2. The number of methoxy groups -OCH3 is 2. The molecular formula is C27H25FN4O5. The molecule has 10 heteroatoms. The van der Waals surface area contributed by atoms with Gasteiger partial charge in [-0.05, 0) is 38.5 Å². The van der Waals surface area contributed by atoms with Crippen LogP contribution in [0.15, 0.2) is 47.8 Å². The summed E-state index contributed by atoms with van der Waals surface area (Å²) in [7, 11) is 2.74. The molecule has 1 amide bonds. The molecule has 3 heterocycles. The Hall–Kier alpha value is -4.73. The molecule has 37 heavy (non-hydrogen) atoms. The van der Waals surface area contributed by atoms with Crippen molar-refractivity contribution in [2.45, 2.75) is 20.8 Å². The van der Waals surface area contributed by atoms with Gasteiger partial charge in [0.2, 0.25) is 11.7 Å². The topological polar surface area (TPSA) is 116 Å². The van der Waals surface area contributed by atoms with Gasteiger partial charge in [0.25, 0.3) is 0 Å². The number of furan rings is 1. The number of amides is 1. The molecule has 0 aliphatic rings. The molecule has 0 spiro atoms. The van der Waals surface area contributed by atoms with Gasteiger partial charge in [-0.2, -0.15) is 0 Å². The minimum absolute atomic E-state index is 0.0229. The maximum atomic E-state index is 15.2. The molecule has 0 bridgehead atoms. The van der Waals surface area contributed by atoms with Gasteiger partial charge in [0.05, 0.1) is 43.6 Å². The summed E-state index contributed by atoms with van der Waals surface area (Å²) in [6.07, 6.45) is 5.78. The van der Waals surface area contributed by atoms with Gasteiger partial charge >= 0.3 is 0 Å². The van der Waals surface area contributed by atoms with E-state index in [1.165, 1.54) is 32.7 Å². The lowest BCUT2D eigenvalue weighted by atomic mass is 9.98. The molecule has 0 fully saturated rings. The number of rotatable bonds is 8. The van der Waals surface area contributed by atoms with Gasteiger partial charge in [0, 0.05) is 28.8 Å². The molecule has 1 aromatic carbocycles. The maximum Gasteiger partial charge on any atom is 0.247 e. The van der Waals surface area contributed by atoms with Gasteiger partial charge in [0.1, 0.15) is 11.6 Å². The monoisotopic (exact) mass is 504 g/mol. The van der Waals surface area contributed by atoms with Crippen molar-refractivity contribution in [3.05, 3.63) is 77.2 Å². The number of nitrogens with zero attached hydrogens (tertiary/aromatic N) is 2. The van der Waals surface area contributed by atoms with E-state index in [1.807, 2.05) is 6.92 Å². The first-order valence-corrected chi connectivity index (χ1v) is 11.2. The van der Waals surface area contributed by atoms with E-state index in [0.29, 0.717) is 45.0 Å². The first-order valence-electron chi connectivity index (χ1n) is 11.2. The molecule has 0 aliphatic heterocycles. The Morgan fingerprint density at radius 2 is 1.78 bits per heavy atom. The lowest BCUT2D eigenvalue weighted by molar-refractivity contribution is -0.111. The smallest absolute Gasteiger partial charge is 0.247 e. The Morgan fingerprint density at radius 1 is 1.05 bits per heavy atom. The van der Waals surface area contributed by atoms with Crippen molar-refractivity contribution in [2.24, 2.45) is 0 Å². The Bertz CT molecular complexity index is 1530. The van der Waals surface area contributed by atoms with E-state index >= 15 is 4.39 Å². The highest BCUT2D eigenvalue weighted by atomic mass is 19.1. The number of halogens is 1. The number of aryl methyl sites for hydroxylation is 2. The lowest BCUT2D eigenvalue weighted by Gasteiger charge is -2.14. The number of pyridine rings is 2. The number of nitrogens with one attached hydrogen (secondary N) is 2. The highest BCUT2D eigenvalue weighted by molar-refractivity contribution is 6.12. The summed E-state index contributed by atoms with van der Waals surface area (Å²) in [5, 5.41) is 6.50. The summed E-state index contributed by atoms with van der Waals surface area (Å²) in [6, 6.07) is 3.10. The minimum atomic E-state index is -0.798. The van der Waals surface area contributed by atoms with Crippen LogP contribution in [-0.2, 0) is 4.79 Å². The van der Waals surface area contributed by atoms with Gasteiger partial charge in [-0.1, -0.05) is 6.58 Å². The molecular weight excluding hydrogens is 479 g/mol. The molecule has 0 atom stereocenters. The van der Waals surface area contributed by atoms with Crippen molar-refractivity contribution in [3.63, 3.8) is 0 Å². The Labute approximate surface area is 212 Å². The highest BCUT2D eigenvalue weighted by Gasteiger charge is 2.28. The minimum Gasteiger partial charge on any atom is -0.496 e.